The average Bonchev–Trinajstić information content (AvgIpc) is 3.19. The van der Waals surface area contributed by atoms with E-state index in [1.807, 2.05) is 30.3 Å². The number of furan rings is 1. The van der Waals surface area contributed by atoms with E-state index >= 15 is 0 Å². The van der Waals surface area contributed by atoms with E-state index in [-0.39, 0.29) is 24.3 Å². The van der Waals surface area contributed by atoms with Gasteiger partial charge in [0.15, 0.2) is 5.76 Å². The predicted octanol–water partition coefficient (Wildman–Crippen LogP) is 2.79. The number of carboxylic acid groups (broad SMARTS) is 1. The fraction of sp³-hybridized carbons (Fsp3) is 0.333. The summed E-state index contributed by atoms with van der Waals surface area (Å²) in [7, 11) is 0. The highest BCUT2D eigenvalue weighted by molar-refractivity contribution is 5.93. The van der Waals surface area contributed by atoms with Gasteiger partial charge in [-0.1, -0.05) is 18.2 Å². The van der Waals surface area contributed by atoms with Crippen LogP contribution in [-0.2, 0) is 11.4 Å². The highest BCUT2D eigenvalue weighted by Crippen LogP contribution is 2.27. The number of nitrogens with zero attached hydrogens (tertiary/aromatic N) is 1. The van der Waals surface area contributed by atoms with Gasteiger partial charge in [-0.2, -0.15) is 0 Å². The van der Waals surface area contributed by atoms with Crippen LogP contribution in [0.3, 0.4) is 0 Å². The van der Waals surface area contributed by atoms with Crippen molar-refractivity contribution in [3.8, 4) is 5.75 Å². The largest absolute Gasteiger partial charge is 0.489 e. The molecule has 24 heavy (non-hydrogen) atoms. The topological polar surface area (TPSA) is 80.0 Å². The zero-order valence-electron chi connectivity index (χ0n) is 13.3. The molecule has 1 fully saturated rings. The summed E-state index contributed by atoms with van der Waals surface area (Å²) in [5.74, 6) is -0.776. The number of para-hydroxylation sites is 1. The van der Waals surface area contributed by atoms with Gasteiger partial charge in [0.2, 0.25) is 0 Å². The Balaban J connectivity index is 1.70. The van der Waals surface area contributed by atoms with Crippen molar-refractivity contribution in [1.29, 1.82) is 0 Å². The molecule has 0 bridgehead atoms. The van der Waals surface area contributed by atoms with E-state index < -0.39 is 11.9 Å². The van der Waals surface area contributed by atoms with E-state index in [9.17, 15) is 14.7 Å². The molecule has 1 aromatic carbocycles. The molecule has 1 saturated heterocycles. The Hall–Kier alpha value is -2.76. The van der Waals surface area contributed by atoms with Gasteiger partial charge in [-0.05, 0) is 31.5 Å². The number of rotatable bonds is 5. The van der Waals surface area contributed by atoms with Gasteiger partial charge in [0.05, 0.1) is 12.2 Å². The first-order chi connectivity index (χ1) is 11.6. The van der Waals surface area contributed by atoms with E-state index in [2.05, 4.69) is 0 Å². The molecule has 126 valence electrons. The summed E-state index contributed by atoms with van der Waals surface area (Å²) in [5.41, 5.74) is 0.648. The average molecular weight is 329 g/mol. The number of ether oxygens (including phenoxy) is 1. The molecular formula is C18H19NO5. The summed E-state index contributed by atoms with van der Waals surface area (Å²) in [5, 5.41) is 9.20. The molecule has 2 aromatic rings. The highest BCUT2D eigenvalue weighted by Gasteiger charge is 2.39. The van der Waals surface area contributed by atoms with Crippen molar-refractivity contribution in [1.82, 2.24) is 4.90 Å². The molecule has 1 aliphatic rings. The van der Waals surface area contributed by atoms with Crippen LogP contribution < -0.4 is 4.74 Å². The van der Waals surface area contributed by atoms with Crippen LogP contribution in [0.1, 0.15) is 29.5 Å². The van der Waals surface area contributed by atoms with Crippen LogP contribution in [-0.4, -0.2) is 34.5 Å². The molecule has 0 radical (unpaired) electrons. The Bertz CT molecular complexity index is 724. The Morgan fingerprint density at radius 3 is 2.71 bits per heavy atom. The van der Waals surface area contributed by atoms with Gasteiger partial charge in [-0.15, -0.1) is 0 Å². The summed E-state index contributed by atoms with van der Waals surface area (Å²) >= 11 is 0. The highest BCUT2D eigenvalue weighted by atomic mass is 16.5. The fourth-order valence-corrected chi connectivity index (χ4v) is 3.00. The van der Waals surface area contributed by atoms with Gasteiger partial charge in [-0.25, -0.2) is 0 Å². The monoisotopic (exact) mass is 329 g/mol. The Labute approximate surface area is 139 Å². The molecule has 2 heterocycles. The molecule has 6 heteroatoms. The van der Waals surface area contributed by atoms with Crippen molar-refractivity contribution in [2.75, 3.05) is 6.54 Å². The van der Waals surface area contributed by atoms with Crippen molar-refractivity contribution in [3.05, 3.63) is 54.0 Å². The maximum atomic E-state index is 12.7. The van der Waals surface area contributed by atoms with Gasteiger partial charge in [0, 0.05) is 18.2 Å². The maximum absolute atomic E-state index is 12.7. The summed E-state index contributed by atoms with van der Waals surface area (Å²) < 4.78 is 11.0. The van der Waals surface area contributed by atoms with E-state index in [4.69, 9.17) is 9.15 Å². The van der Waals surface area contributed by atoms with Gasteiger partial charge >= 0.3 is 5.97 Å². The molecule has 1 N–H and O–H groups in total. The van der Waals surface area contributed by atoms with Crippen molar-refractivity contribution >= 4 is 11.9 Å². The normalized spacial score (nSPS) is 20.1. The lowest BCUT2D eigenvalue weighted by Gasteiger charge is -2.22. The molecule has 3 rings (SSSR count). The number of carbonyl (C=O) groups is 2. The van der Waals surface area contributed by atoms with Crippen LogP contribution in [0, 0.1) is 5.92 Å². The third kappa shape index (κ3) is 3.13. The summed E-state index contributed by atoms with van der Waals surface area (Å²) in [6, 6.07) is 10.6. The van der Waals surface area contributed by atoms with E-state index in [0.29, 0.717) is 24.3 Å². The third-order valence-corrected chi connectivity index (χ3v) is 4.41. The molecule has 1 aromatic heterocycles. The van der Waals surface area contributed by atoms with Crippen molar-refractivity contribution < 1.29 is 23.8 Å². The maximum Gasteiger partial charge on any atom is 0.308 e. The molecular weight excluding hydrogens is 310 g/mol. The second kappa shape index (κ2) is 6.78. The molecule has 0 saturated carbocycles. The van der Waals surface area contributed by atoms with E-state index in [1.165, 1.54) is 6.26 Å². The second-order valence-electron chi connectivity index (χ2n) is 5.85. The fourth-order valence-electron chi connectivity index (χ4n) is 3.00. The molecule has 1 aliphatic heterocycles. The lowest BCUT2D eigenvalue weighted by Crippen LogP contribution is -2.37. The third-order valence-electron chi connectivity index (χ3n) is 4.41. The van der Waals surface area contributed by atoms with E-state index in [0.717, 1.165) is 0 Å². The van der Waals surface area contributed by atoms with Crippen molar-refractivity contribution in [2.24, 2.45) is 5.92 Å². The van der Waals surface area contributed by atoms with Crippen LogP contribution in [0.15, 0.2) is 47.1 Å². The standard InChI is InChI=1S/C18H19NO5/c1-12-15(18(21)22)7-9-19(12)17(20)16-13(8-10-23-16)11-24-14-5-3-2-4-6-14/h2-6,8,10,12,15H,7,9,11H2,1H3,(H,21,22). The minimum atomic E-state index is -0.870. The number of amides is 1. The van der Waals surface area contributed by atoms with Gasteiger partial charge in [0.1, 0.15) is 12.4 Å². The molecule has 0 spiro atoms. The first-order valence-electron chi connectivity index (χ1n) is 7.86. The van der Waals surface area contributed by atoms with E-state index in [1.54, 1.807) is 17.9 Å². The number of carbonyl (C=O) groups excluding carboxylic acids is 1. The summed E-state index contributed by atoms with van der Waals surface area (Å²) in [6.07, 6.45) is 1.91. The first-order valence-corrected chi connectivity index (χ1v) is 7.86. The number of aliphatic carboxylic acids is 1. The van der Waals surface area contributed by atoms with Crippen LogP contribution in [0.2, 0.25) is 0 Å². The molecule has 6 nitrogen and oxygen atoms in total. The molecule has 1 amide bonds. The molecule has 0 aliphatic carbocycles. The minimum absolute atomic E-state index is 0.212. The number of hydrogen-bond acceptors (Lipinski definition) is 4. The van der Waals surface area contributed by atoms with Gasteiger partial charge in [-0.3, -0.25) is 9.59 Å². The van der Waals surface area contributed by atoms with Gasteiger partial charge < -0.3 is 19.2 Å². The van der Waals surface area contributed by atoms with Crippen LogP contribution in [0.5, 0.6) is 5.75 Å². The Morgan fingerprint density at radius 1 is 1.29 bits per heavy atom. The lowest BCUT2D eigenvalue weighted by molar-refractivity contribution is -0.142. The van der Waals surface area contributed by atoms with Gasteiger partial charge in [0.25, 0.3) is 5.91 Å². The van der Waals surface area contributed by atoms with Crippen LogP contribution in [0.4, 0.5) is 0 Å². The zero-order chi connectivity index (χ0) is 17.1. The van der Waals surface area contributed by atoms with Crippen molar-refractivity contribution in [2.45, 2.75) is 26.0 Å². The number of carboxylic acids is 1. The molecule has 2 atom stereocenters. The summed E-state index contributed by atoms with van der Waals surface area (Å²) in [6.45, 7) is 2.38. The number of benzene rings is 1. The second-order valence-corrected chi connectivity index (χ2v) is 5.85. The quantitative estimate of drug-likeness (QED) is 0.912. The van der Waals surface area contributed by atoms with Crippen LogP contribution in [0.25, 0.3) is 0 Å². The Morgan fingerprint density at radius 2 is 2.04 bits per heavy atom. The smallest absolute Gasteiger partial charge is 0.308 e. The Kier molecular flexibility index (Phi) is 4.55. The SMILES string of the molecule is CC1C(C(=O)O)CCN1C(=O)c1occc1COc1ccccc1. The zero-order valence-corrected chi connectivity index (χ0v) is 13.3. The molecule has 2 unspecified atom stereocenters. The number of hydrogen-bond donors (Lipinski definition) is 1. The summed E-state index contributed by atoms with van der Waals surface area (Å²) in [4.78, 5) is 25.5. The van der Waals surface area contributed by atoms with Crippen molar-refractivity contribution in [3.63, 3.8) is 0 Å². The van der Waals surface area contributed by atoms with Crippen LogP contribution >= 0.6 is 0 Å². The minimum Gasteiger partial charge on any atom is -0.489 e. The lowest BCUT2D eigenvalue weighted by atomic mass is 10.0. The first kappa shape index (κ1) is 16.1. The number of likely N-dealkylation sites (tertiary alicyclic amines) is 1. The predicted molar refractivity (Wildman–Crippen MR) is 85.7 cm³/mol.